The van der Waals surface area contributed by atoms with Gasteiger partial charge >= 0.3 is 0 Å². The number of ether oxygens (including phenoxy) is 1. The molecule has 3 atom stereocenters. The molecule has 1 aromatic heterocycles. The SMILES string of the molecule is CN(C)Cc1cn(CC[C@H]2CC[C@H](N)[C@@H](CO)O2)nn1. The van der Waals surface area contributed by atoms with E-state index in [0.717, 1.165) is 38.0 Å². The second-order valence-electron chi connectivity index (χ2n) is 5.72. The summed E-state index contributed by atoms with van der Waals surface area (Å²) in [6.07, 6.45) is 4.60. The number of nitrogens with two attached hydrogens (primary N) is 1. The van der Waals surface area contributed by atoms with E-state index < -0.39 is 0 Å². The average Bonchev–Trinajstić information content (AvgIpc) is 2.84. The van der Waals surface area contributed by atoms with E-state index in [9.17, 15) is 5.11 Å². The third kappa shape index (κ3) is 4.24. The summed E-state index contributed by atoms with van der Waals surface area (Å²) in [6.45, 7) is 1.56. The average molecular weight is 283 g/mol. The molecule has 0 amide bonds. The first-order valence-electron chi connectivity index (χ1n) is 7.14. The van der Waals surface area contributed by atoms with E-state index in [1.807, 2.05) is 25.0 Å². The lowest BCUT2D eigenvalue weighted by Crippen LogP contribution is -2.46. The van der Waals surface area contributed by atoms with Crippen LogP contribution in [-0.2, 0) is 17.8 Å². The molecule has 1 fully saturated rings. The van der Waals surface area contributed by atoms with Crippen molar-refractivity contribution in [1.82, 2.24) is 19.9 Å². The molecule has 0 aromatic carbocycles. The fraction of sp³-hybridized carbons (Fsp3) is 0.846. The molecule has 114 valence electrons. The van der Waals surface area contributed by atoms with Crippen molar-refractivity contribution in [3.63, 3.8) is 0 Å². The van der Waals surface area contributed by atoms with Crippen LogP contribution >= 0.6 is 0 Å². The maximum absolute atomic E-state index is 9.21. The van der Waals surface area contributed by atoms with E-state index in [1.54, 1.807) is 0 Å². The highest BCUT2D eigenvalue weighted by molar-refractivity contribution is 4.91. The number of aromatic nitrogens is 3. The molecule has 0 unspecified atom stereocenters. The normalized spacial score (nSPS) is 27.1. The van der Waals surface area contributed by atoms with Crippen LogP contribution in [0.4, 0.5) is 0 Å². The van der Waals surface area contributed by atoms with Gasteiger partial charge < -0.3 is 20.5 Å². The predicted octanol–water partition coefficient (Wildman–Crippen LogP) is -0.403. The molecule has 0 spiro atoms. The van der Waals surface area contributed by atoms with Crippen LogP contribution in [0.25, 0.3) is 0 Å². The summed E-state index contributed by atoms with van der Waals surface area (Å²) in [4.78, 5) is 2.06. The third-order valence-corrected chi connectivity index (χ3v) is 3.59. The van der Waals surface area contributed by atoms with E-state index in [-0.39, 0.29) is 24.9 Å². The smallest absolute Gasteiger partial charge is 0.0966 e. The zero-order chi connectivity index (χ0) is 14.5. The number of nitrogens with zero attached hydrogens (tertiary/aromatic N) is 4. The Morgan fingerprint density at radius 2 is 2.30 bits per heavy atom. The third-order valence-electron chi connectivity index (χ3n) is 3.59. The molecule has 3 N–H and O–H groups in total. The quantitative estimate of drug-likeness (QED) is 0.738. The van der Waals surface area contributed by atoms with Crippen LogP contribution in [0.3, 0.4) is 0 Å². The van der Waals surface area contributed by atoms with Crippen molar-refractivity contribution in [2.75, 3.05) is 20.7 Å². The van der Waals surface area contributed by atoms with Crippen molar-refractivity contribution in [3.8, 4) is 0 Å². The molecule has 0 radical (unpaired) electrons. The van der Waals surface area contributed by atoms with Crippen molar-refractivity contribution < 1.29 is 9.84 Å². The van der Waals surface area contributed by atoms with Gasteiger partial charge in [-0.1, -0.05) is 5.21 Å². The molecule has 7 nitrogen and oxygen atoms in total. The predicted molar refractivity (Wildman–Crippen MR) is 75.0 cm³/mol. The Hall–Kier alpha value is -1.02. The summed E-state index contributed by atoms with van der Waals surface area (Å²) in [5.41, 5.74) is 6.86. The number of aryl methyl sites for hydroxylation is 1. The van der Waals surface area contributed by atoms with E-state index in [0.29, 0.717) is 0 Å². The Morgan fingerprint density at radius 3 is 3.00 bits per heavy atom. The standard InChI is InChI=1S/C13H25N5O2/c1-17(2)7-10-8-18(16-15-10)6-5-11-3-4-12(14)13(9-19)20-11/h8,11-13,19H,3-7,9,14H2,1-2H3/t11-,12+,13-/m1/s1. The molecular formula is C13H25N5O2. The minimum Gasteiger partial charge on any atom is -0.394 e. The van der Waals surface area contributed by atoms with Gasteiger partial charge in [0.1, 0.15) is 0 Å². The minimum atomic E-state index is -0.228. The molecule has 1 aliphatic heterocycles. The fourth-order valence-electron chi connectivity index (χ4n) is 2.49. The van der Waals surface area contributed by atoms with Crippen molar-refractivity contribution in [1.29, 1.82) is 0 Å². The van der Waals surface area contributed by atoms with Crippen LogP contribution < -0.4 is 5.73 Å². The summed E-state index contributed by atoms with van der Waals surface area (Å²) in [5, 5.41) is 17.5. The van der Waals surface area contributed by atoms with Gasteiger partial charge in [0, 0.05) is 25.3 Å². The van der Waals surface area contributed by atoms with Crippen LogP contribution in [0.5, 0.6) is 0 Å². The monoisotopic (exact) mass is 283 g/mol. The highest BCUT2D eigenvalue weighted by Gasteiger charge is 2.28. The summed E-state index contributed by atoms with van der Waals surface area (Å²) >= 11 is 0. The molecule has 0 aliphatic carbocycles. The maximum atomic E-state index is 9.21. The second-order valence-corrected chi connectivity index (χ2v) is 5.72. The molecule has 20 heavy (non-hydrogen) atoms. The van der Waals surface area contributed by atoms with Gasteiger partial charge in [0.2, 0.25) is 0 Å². The van der Waals surface area contributed by atoms with Gasteiger partial charge in [0.25, 0.3) is 0 Å². The topological polar surface area (TPSA) is 89.4 Å². The number of aliphatic hydroxyl groups excluding tert-OH is 1. The summed E-state index contributed by atoms with van der Waals surface area (Å²) in [7, 11) is 4.01. The van der Waals surface area contributed by atoms with E-state index in [4.69, 9.17) is 10.5 Å². The van der Waals surface area contributed by atoms with Gasteiger partial charge in [-0.05, 0) is 33.4 Å². The van der Waals surface area contributed by atoms with Crippen LogP contribution in [-0.4, -0.2) is 64.0 Å². The number of aliphatic hydroxyl groups is 1. The zero-order valence-electron chi connectivity index (χ0n) is 12.3. The Morgan fingerprint density at radius 1 is 1.50 bits per heavy atom. The molecular weight excluding hydrogens is 258 g/mol. The van der Waals surface area contributed by atoms with Crippen LogP contribution in [0.2, 0.25) is 0 Å². The Labute approximate surface area is 119 Å². The van der Waals surface area contributed by atoms with Crippen LogP contribution in [0.15, 0.2) is 6.20 Å². The van der Waals surface area contributed by atoms with E-state index >= 15 is 0 Å². The van der Waals surface area contributed by atoms with Crippen molar-refractivity contribution in [2.45, 2.75) is 50.6 Å². The second kappa shape index (κ2) is 7.12. The molecule has 1 saturated heterocycles. The van der Waals surface area contributed by atoms with Gasteiger partial charge in [-0.2, -0.15) is 0 Å². The maximum Gasteiger partial charge on any atom is 0.0966 e. The van der Waals surface area contributed by atoms with Gasteiger partial charge in [-0.3, -0.25) is 4.68 Å². The lowest BCUT2D eigenvalue weighted by Gasteiger charge is -2.33. The number of hydrogen-bond acceptors (Lipinski definition) is 6. The molecule has 7 heteroatoms. The minimum absolute atomic E-state index is 0.00598. The molecule has 0 bridgehead atoms. The lowest BCUT2D eigenvalue weighted by molar-refractivity contribution is -0.0861. The van der Waals surface area contributed by atoms with Gasteiger partial charge in [-0.15, -0.1) is 5.10 Å². The largest absolute Gasteiger partial charge is 0.394 e. The summed E-state index contributed by atoms with van der Waals surface area (Å²) in [6, 6.07) is -0.0469. The van der Waals surface area contributed by atoms with Crippen molar-refractivity contribution in [3.05, 3.63) is 11.9 Å². The molecule has 1 aromatic rings. The fourth-order valence-corrected chi connectivity index (χ4v) is 2.49. The van der Waals surface area contributed by atoms with Crippen LogP contribution in [0, 0.1) is 0 Å². The Bertz CT molecular complexity index is 409. The highest BCUT2D eigenvalue weighted by Crippen LogP contribution is 2.20. The Balaban J connectivity index is 1.78. The van der Waals surface area contributed by atoms with Gasteiger partial charge in [0.15, 0.2) is 0 Å². The first-order chi connectivity index (χ1) is 9.58. The highest BCUT2D eigenvalue weighted by atomic mass is 16.5. The summed E-state index contributed by atoms with van der Waals surface area (Å²) < 4.78 is 7.65. The first kappa shape index (κ1) is 15.4. The molecule has 1 aliphatic rings. The first-order valence-corrected chi connectivity index (χ1v) is 7.14. The molecule has 0 saturated carbocycles. The van der Waals surface area contributed by atoms with Gasteiger partial charge in [-0.25, -0.2) is 0 Å². The molecule has 2 heterocycles. The lowest BCUT2D eigenvalue weighted by atomic mass is 9.98. The van der Waals surface area contributed by atoms with Crippen molar-refractivity contribution >= 4 is 0 Å². The van der Waals surface area contributed by atoms with E-state index in [1.165, 1.54) is 0 Å². The zero-order valence-corrected chi connectivity index (χ0v) is 12.3. The Kier molecular flexibility index (Phi) is 5.47. The number of rotatable bonds is 6. The van der Waals surface area contributed by atoms with Crippen LogP contribution in [0.1, 0.15) is 25.0 Å². The van der Waals surface area contributed by atoms with Gasteiger partial charge in [0.05, 0.1) is 24.5 Å². The van der Waals surface area contributed by atoms with E-state index in [2.05, 4.69) is 15.2 Å². The van der Waals surface area contributed by atoms with Crippen molar-refractivity contribution in [2.24, 2.45) is 5.73 Å². The summed E-state index contributed by atoms with van der Waals surface area (Å²) in [5.74, 6) is 0. The number of hydrogen-bond donors (Lipinski definition) is 2. The molecule has 2 rings (SSSR count).